The number of phosphoric acid groups is 2. The molecule has 0 aromatic carbocycles. The minimum atomic E-state index is -4.94. The Morgan fingerprint density at radius 3 is 0.916 bits per heavy atom. The lowest BCUT2D eigenvalue weighted by Gasteiger charge is -2.21. The molecular weight excluding hydrogens is 1100 g/mol. The summed E-state index contributed by atoms with van der Waals surface area (Å²) in [6, 6.07) is 0. The summed E-state index contributed by atoms with van der Waals surface area (Å²) in [6.45, 7) is 9.37. The fourth-order valence-electron chi connectivity index (χ4n) is 9.50. The van der Waals surface area contributed by atoms with Gasteiger partial charge >= 0.3 is 39.5 Å². The van der Waals surface area contributed by atoms with E-state index in [9.17, 15) is 43.2 Å². The third kappa shape index (κ3) is 57.6. The Morgan fingerprint density at radius 1 is 0.349 bits per heavy atom. The quantitative estimate of drug-likeness (QED) is 0.0222. The number of carbonyl (C=O) groups is 4. The molecule has 492 valence electrons. The van der Waals surface area contributed by atoms with Crippen LogP contribution in [0.15, 0.2) is 0 Å². The van der Waals surface area contributed by atoms with Crippen molar-refractivity contribution in [2.75, 3.05) is 39.6 Å². The monoisotopic (exact) mass is 1230 g/mol. The number of aliphatic hydroxyl groups excluding tert-OH is 1. The molecule has 0 rings (SSSR count). The van der Waals surface area contributed by atoms with Gasteiger partial charge in [-0.25, -0.2) is 9.13 Å². The zero-order valence-electron chi connectivity index (χ0n) is 53.5. The molecule has 0 aliphatic rings. The maximum absolute atomic E-state index is 13.0. The molecular formula is C64H124O17P2. The Morgan fingerprint density at radius 2 is 0.614 bits per heavy atom. The number of phosphoric ester groups is 2. The van der Waals surface area contributed by atoms with Crippen molar-refractivity contribution in [2.24, 2.45) is 11.8 Å². The van der Waals surface area contributed by atoms with Gasteiger partial charge in [0, 0.05) is 25.7 Å². The Hall–Kier alpha value is -1.94. The highest BCUT2D eigenvalue weighted by Gasteiger charge is 2.30. The second-order valence-electron chi connectivity index (χ2n) is 23.9. The van der Waals surface area contributed by atoms with E-state index in [1.54, 1.807) is 0 Å². The van der Waals surface area contributed by atoms with Gasteiger partial charge in [-0.1, -0.05) is 266 Å². The van der Waals surface area contributed by atoms with E-state index in [-0.39, 0.29) is 25.7 Å². The van der Waals surface area contributed by atoms with Crippen LogP contribution in [0.4, 0.5) is 0 Å². The molecule has 0 saturated carbocycles. The van der Waals surface area contributed by atoms with E-state index in [0.717, 1.165) is 108 Å². The molecule has 0 spiro atoms. The van der Waals surface area contributed by atoms with Crippen molar-refractivity contribution in [3.05, 3.63) is 0 Å². The topological polar surface area (TPSA) is 237 Å². The highest BCUT2D eigenvalue weighted by molar-refractivity contribution is 7.47. The molecule has 6 atom stereocenters. The van der Waals surface area contributed by atoms with Crippen LogP contribution in [0, 0.1) is 11.8 Å². The van der Waals surface area contributed by atoms with Gasteiger partial charge in [-0.05, 0) is 37.5 Å². The Labute approximate surface area is 505 Å². The summed E-state index contributed by atoms with van der Waals surface area (Å²) in [6.07, 6.45) is 39.3. The lowest BCUT2D eigenvalue weighted by atomic mass is 9.99. The standard InChI is InChI=1S/C64H124O17P2/c1-7-10-12-14-15-16-17-18-19-20-21-22-30-36-42-48-63(68)81-60(53-75-62(67)47-41-35-29-26-24-28-34-39-45-57(6)9-3)55-79-83(72,73)77-51-58(65)50-76-82(70,71)78-54-59(52-74-61(66)46-40-32-13-11-8-2)80-64(69)49-43-37-31-25-23-27-33-38-44-56(4)5/h56-60,65H,7-55H2,1-6H3,(H,70,71)(H,72,73)/t57?,58-,59+,60+/m0/s1. The van der Waals surface area contributed by atoms with E-state index in [4.69, 9.17) is 37.0 Å². The summed E-state index contributed by atoms with van der Waals surface area (Å²) < 4.78 is 67.8. The third-order valence-corrected chi connectivity index (χ3v) is 17.0. The zero-order chi connectivity index (χ0) is 61.5. The Balaban J connectivity index is 5.18. The largest absolute Gasteiger partial charge is 0.472 e. The van der Waals surface area contributed by atoms with Crippen molar-refractivity contribution in [1.82, 2.24) is 0 Å². The van der Waals surface area contributed by atoms with Gasteiger partial charge in [0.25, 0.3) is 0 Å². The normalized spacial score (nSPS) is 14.6. The average Bonchev–Trinajstić information content (AvgIpc) is 3.45. The molecule has 0 aromatic heterocycles. The number of ether oxygens (including phenoxy) is 4. The van der Waals surface area contributed by atoms with Crippen molar-refractivity contribution >= 4 is 39.5 Å². The summed E-state index contributed by atoms with van der Waals surface area (Å²) in [5, 5.41) is 10.5. The predicted molar refractivity (Wildman–Crippen MR) is 331 cm³/mol. The van der Waals surface area contributed by atoms with Gasteiger partial charge in [0.2, 0.25) is 0 Å². The van der Waals surface area contributed by atoms with Crippen molar-refractivity contribution in [3.63, 3.8) is 0 Å². The van der Waals surface area contributed by atoms with Crippen molar-refractivity contribution in [1.29, 1.82) is 0 Å². The van der Waals surface area contributed by atoms with Crippen LogP contribution in [-0.4, -0.2) is 96.7 Å². The summed E-state index contributed by atoms with van der Waals surface area (Å²) >= 11 is 0. The molecule has 3 unspecified atom stereocenters. The lowest BCUT2D eigenvalue weighted by Crippen LogP contribution is -2.30. The molecule has 19 heteroatoms. The molecule has 0 aromatic rings. The molecule has 0 fully saturated rings. The zero-order valence-corrected chi connectivity index (χ0v) is 55.3. The first-order chi connectivity index (χ1) is 39.9. The van der Waals surface area contributed by atoms with Crippen molar-refractivity contribution in [2.45, 2.75) is 336 Å². The van der Waals surface area contributed by atoms with E-state index in [1.807, 2.05) is 0 Å². The second kappa shape index (κ2) is 56.6. The highest BCUT2D eigenvalue weighted by Crippen LogP contribution is 2.45. The van der Waals surface area contributed by atoms with Crippen LogP contribution in [0.1, 0.15) is 318 Å². The maximum atomic E-state index is 13.0. The van der Waals surface area contributed by atoms with Crippen molar-refractivity contribution < 1.29 is 80.2 Å². The number of aliphatic hydroxyl groups is 1. The number of esters is 4. The summed E-state index contributed by atoms with van der Waals surface area (Å²) in [5.41, 5.74) is 0. The molecule has 0 bridgehead atoms. The lowest BCUT2D eigenvalue weighted by molar-refractivity contribution is -0.161. The van der Waals surface area contributed by atoms with E-state index in [1.165, 1.54) is 128 Å². The van der Waals surface area contributed by atoms with Crippen molar-refractivity contribution in [3.8, 4) is 0 Å². The minimum absolute atomic E-state index is 0.103. The number of unbranched alkanes of at least 4 members (excludes halogenated alkanes) is 32. The van der Waals surface area contributed by atoms with Gasteiger partial charge in [0.05, 0.1) is 26.4 Å². The molecule has 3 N–H and O–H groups in total. The number of rotatable bonds is 63. The Bertz CT molecular complexity index is 1630. The van der Waals surface area contributed by atoms with Gasteiger partial charge in [0.1, 0.15) is 19.3 Å². The van der Waals surface area contributed by atoms with Crippen LogP contribution >= 0.6 is 15.6 Å². The van der Waals surface area contributed by atoms with Gasteiger partial charge in [-0.2, -0.15) is 0 Å². The van der Waals surface area contributed by atoms with Crippen LogP contribution < -0.4 is 0 Å². The number of hydrogen-bond donors (Lipinski definition) is 3. The second-order valence-corrected chi connectivity index (χ2v) is 26.8. The van der Waals surface area contributed by atoms with Gasteiger partial charge < -0.3 is 33.8 Å². The fourth-order valence-corrected chi connectivity index (χ4v) is 11.1. The van der Waals surface area contributed by atoms with Crippen LogP contribution in [-0.2, 0) is 65.4 Å². The van der Waals surface area contributed by atoms with E-state index < -0.39 is 97.5 Å². The van der Waals surface area contributed by atoms with E-state index >= 15 is 0 Å². The van der Waals surface area contributed by atoms with Gasteiger partial charge in [0.15, 0.2) is 12.2 Å². The first-order valence-corrected chi connectivity index (χ1v) is 36.5. The van der Waals surface area contributed by atoms with E-state index in [0.29, 0.717) is 25.7 Å². The van der Waals surface area contributed by atoms with Crippen LogP contribution in [0.2, 0.25) is 0 Å². The van der Waals surface area contributed by atoms with Crippen LogP contribution in [0.25, 0.3) is 0 Å². The third-order valence-electron chi connectivity index (χ3n) is 15.1. The van der Waals surface area contributed by atoms with Crippen LogP contribution in [0.3, 0.4) is 0 Å². The molecule has 17 nitrogen and oxygen atoms in total. The molecule has 0 heterocycles. The SMILES string of the molecule is CCCCCCCCCCCCCCCCCC(=O)O[C@H](COC(=O)CCCCCCCCCCC(C)CC)COP(=O)(O)OC[C@@H](O)COP(=O)(O)OC[C@@H](COC(=O)CCCCCCC)OC(=O)CCCCCCCCCCC(C)C. The molecule has 0 radical (unpaired) electrons. The maximum Gasteiger partial charge on any atom is 0.472 e. The Kier molecular flexibility index (Phi) is 55.2. The highest BCUT2D eigenvalue weighted by atomic mass is 31.2. The molecule has 0 amide bonds. The van der Waals surface area contributed by atoms with E-state index in [2.05, 4.69) is 41.5 Å². The molecule has 0 aliphatic carbocycles. The summed E-state index contributed by atoms with van der Waals surface area (Å²) in [5.74, 6) is -0.648. The number of hydrogen-bond acceptors (Lipinski definition) is 15. The fraction of sp³-hybridized carbons (Fsp3) is 0.938. The molecule has 0 saturated heterocycles. The first kappa shape index (κ1) is 81.1. The van der Waals surface area contributed by atoms with Crippen LogP contribution in [0.5, 0.6) is 0 Å². The smallest absolute Gasteiger partial charge is 0.462 e. The summed E-state index contributed by atoms with van der Waals surface area (Å²) in [7, 11) is -9.88. The number of carbonyl (C=O) groups excluding carboxylic acids is 4. The average molecular weight is 1230 g/mol. The molecule has 0 aliphatic heterocycles. The molecule has 83 heavy (non-hydrogen) atoms. The first-order valence-electron chi connectivity index (χ1n) is 33.5. The minimum Gasteiger partial charge on any atom is -0.462 e. The summed E-state index contributed by atoms with van der Waals surface area (Å²) in [4.78, 5) is 72.0. The van der Waals surface area contributed by atoms with Gasteiger partial charge in [-0.15, -0.1) is 0 Å². The predicted octanol–water partition coefficient (Wildman–Crippen LogP) is 17.7. The van der Waals surface area contributed by atoms with Gasteiger partial charge in [-0.3, -0.25) is 37.3 Å².